The summed E-state index contributed by atoms with van der Waals surface area (Å²) in [6, 6.07) is 14.0. The van der Waals surface area contributed by atoms with E-state index in [0.717, 1.165) is 34.0 Å². The lowest BCUT2D eigenvalue weighted by Gasteiger charge is -2.19. The first-order chi connectivity index (χ1) is 11.8. The molecule has 6 nitrogen and oxygen atoms in total. The van der Waals surface area contributed by atoms with Crippen LogP contribution in [0.2, 0.25) is 0 Å². The van der Waals surface area contributed by atoms with Crippen LogP contribution in [0.3, 0.4) is 0 Å². The maximum absolute atomic E-state index is 9.09. The number of para-hydroxylation sites is 2. The highest BCUT2D eigenvalue weighted by atomic mass is 16.6. The van der Waals surface area contributed by atoms with E-state index in [1.54, 1.807) is 0 Å². The van der Waals surface area contributed by atoms with Crippen molar-refractivity contribution in [3.05, 3.63) is 48.0 Å². The van der Waals surface area contributed by atoms with Gasteiger partial charge in [0.15, 0.2) is 11.5 Å². The lowest BCUT2D eigenvalue weighted by molar-refractivity contribution is 0.171. The highest BCUT2D eigenvalue weighted by Crippen LogP contribution is 2.31. The molecule has 124 valence electrons. The van der Waals surface area contributed by atoms with Crippen LogP contribution in [0.4, 0.5) is 5.95 Å². The number of hydrogen-bond donors (Lipinski definition) is 2. The van der Waals surface area contributed by atoms with Gasteiger partial charge < -0.3 is 24.5 Å². The van der Waals surface area contributed by atoms with Crippen LogP contribution in [0, 0.1) is 0 Å². The Bertz CT molecular complexity index is 860. The predicted molar refractivity (Wildman–Crippen MR) is 91.8 cm³/mol. The van der Waals surface area contributed by atoms with Gasteiger partial charge in [0.2, 0.25) is 5.95 Å². The van der Waals surface area contributed by atoms with Gasteiger partial charge in [-0.15, -0.1) is 0 Å². The number of rotatable bonds is 5. The normalized spacial score (nSPS) is 13.2. The van der Waals surface area contributed by atoms with Gasteiger partial charge in [-0.05, 0) is 29.8 Å². The average Bonchev–Trinajstić information content (AvgIpc) is 2.97. The summed E-state index contributed by atoms with van der Waals surface area (Å²) in [7, 11) is 0. The zero-order valence-corrected chi connectivity index (χ0v) is 13.2. The molecule has 1 aliphatic heterocycles. The molecule has 1 aliphatic rings. The Morgan fingerprint density at radius 2 is 1.92 bits per heavy atom. The van der Waals surface area contributed by atoms with Crippen LogP contribution < -0.4 is 14.8 Å². The van der Waals surface area contributed by atoms with E-state index in [2.05, 4.69) is 14.9 Å². The number of aromatic nitrogens is 2. The number of imidazole rings is 1. The molecule has 0 unspecified atom stereocenters. The van der Waals surface area contributed by atoms with Gasteiger partial charge in [-0.2, -0.15) is 0 Å². The molecule has 0 aliphatic carbocycles. The largest absolute Gasteiger partial charge is 0.486 e. The monoisotopic (exact) mass is 325 g/mol. The minimum absolute atomic E-state index is 0.0627. The molecule has 1 aromatic heterocycles. The Labute approximate surface area is 139 Å². The first-order valence-corrected chi connectivity index (χ1v) is 8.03. The SMILES string of the molecule is OCCNc1nc2ccccc2n1Cc1ccc2c(c1)OCCO2. The van der Waals surface area contributed by atoms with Crippen molar-refractivity contribution in [1.29, 1.82) is 0 Å². The van der Waals surface area contributed by atoms with Gasteiger partial charge in [-0.25, -0.2) is 4.98 Å². The molecule has 0 saturated heterocycles. The number of nitrogens with one attached hydrogen (secondary N) is 1. The third kappa shape index (κ3) is 2.76. The second-order valence-electron chi connectivity index (χ2n) is 5.64. The van der Waals surface area contributed by atoms with E-state index in [1.807, 2.05) is 42.5 Å². The molecular formula is C18H19N3O3. The molecule has 2 heterocycles. The molecule has 0 bridgehead atoms. The molecule has 0 atom stereocenters. The summed E-state index contributed by atoms with van der Waals surface area (Å²) in [6.45, 7) is 2.35. The lowest BCUT2D eigenvalue weighted by atomic mass is 10.2. The third-order valence-corrected chi connectivity index (χ3v) is 4.00. The van der Waals surface area contributed by atoms with Crippen LogP contribution in [0.5, 0.6) is 11.5 Å². The van der Waals surface area contributed by atoms with Crippen LogP contribution in [0.1, 0.15) is 5.56 Å². The van der Waals surface area contributed by atoms with Crippen molar-refractivity contribution >= 4 is 17.0 Å². The van der Waals surface area contributed by atoms with Gasteiger partial charge in [0.1, 0.15) is 13.2 Å². The van der Waals surface area contributed by atoms with Crippen LogP contribution >= 0.6 is 0 Å². The number of benzene rings is 2. The van der Waals surface area contributed by atoms with Crippen LogP contribution in [0.15, 0.2) is 42.5 Å². The molecule has 24 heavy (non-hydrogen) atoms. The quantitative estimate of drug-likeness (QED) is 0.753. The van der Waals surface area contributed by atoms with Crippen molar-refractivity contribution in [3.8, 4) is 11.5 Å². The van der Waals surface area contributed by atoms with Crippen LogP contribution in [0.25, 0.3) is 11.0 Å². The Kier molecular flexibility index (Phi) is 3.96. The molecule has 0 radical (unpaired) electrons. The highest BCUT2D eigenvalue weighted by molar-refractivity contribution is 5.78. The topological polar surface area (TPSA) is 68.5 Å². The fourth-order valence-corrected chi connectivity index (χ4v) is 2.91. The minimum Gasteiger partial charge on any atom is -0.486 e. The first-order valence-electron chi connectivity index (χ1n) is 8.03. The van der Waals surface area contributed by atoms with Crippen molar-refractivity contribution in [2.45, 2.75) is 6.54 Å². The fraction of sp³-hybridized carbons (Fsp3) is 0.278. The zero-order chi connectivity index (χ0) is 16.4. The summed E-state index contributed by atoms with van der Waals surface area (Å²) in [5.41, 5.74) is 3.08. The van der Waals surface area contributed by atoms with Crippen molar-refractivity contribution in [1.82, 2.24) is 9.55 Å². The summed E-state index contributed by atoms with van der Waals surface area (Å²) in [5.74, 6) is 2.33. The zero-order valence-electron chi connectivity index (χ0n) is 13.2. The second kappa shape index (κ2) is 6.41. The number of fused-ring (bicyclic) bond motifs is 2. The first kappa shape index (κ1) is 14.8. The summed E-state index contributed by atoms with van der Waals surface area (Å²) in [5, 5.41) is 12.3. The molecule has 0 saturated carbocycles. The molecule has 6 heteroatoms. The Morgan fingerprint density at radius 3 is 2.79 bits per heavy atom. The van der Waals surface area contributed by atoms with Gasteiger partial charge in [0, 0.05) is 6.54 Å². The Balaban J connectivity index is 1.70. The summed E-state index contributed by atoms with van der Waals surface area (Å²) >= 11 is 0. The van der Waals surface area contributed by atoms with Gasteiger partial charge in [0.05, 0.1) is 24.2 Å². The minimum atomic E-state index is 0.0627. The smallest absolute Gasteiger partial charge is 0.204 e. The average molecular weight is 325 g/mol. The molecule has 3 aromatic rings. The lowest BCUT2D eigenvalue weighted by Crippen LogP contribution is -2.16. The van der Waals surface area contributed by atoms with Gasteiger partial charge >= 0.3 is 0 Å². The Morgan fingerprint density at radius 1 is 1.08 bits per heavy atom. The summed E-state index contributed by atoms with van der Waals surface area (Å²) in [6.07, 6.45) is 0. The third-order valence-electron chi connectivity index (χ3n) is 4.00. The second-order valence-corrected chi connectivity index (χ2v) is 5.64. The number of anilines is 1. The predicted octanol–water partition coefficient (Wildman–Crippen LogP) is 2.26. The molecular weight excluding hydrogens is 306 g/mol. The molecule has 0 amide bonds. The number of nitrogens with zero attached hydrogens (tertiary/aromatic N) is 2. The highest BCUT2D eigenvalue weighted by Gasteiger charge is 2.14. The number of aliphatic hydroxyl groups excluding tert-OH is 1. The van der Waals surface area contributed by atoms with Crippen molar-refractivity contribution < 1.29 is 14.6 Å². The number of hydrogen-bond acceptors (Lipinski definition) is 5. The standard InChI is InChI=1S/C18H19N3O3/c22-8-7-19-18-20-14-3-1-2-4-15(14)21(18)12-13-5-6-16-17(11-13)24-10-9-23-16/h1-6,11,22H,7-10,12H2,(H,19,20). The number of aliphatic hydroxyl groups is 1. The summed E-state index contributed by atoms with van der Waals surface area (Å²) < 4.78 is 13.4. The van der Waals surface area contributed by atoms with Crippen molar-refractivity contribution in [2.24, 2.45) is 0 Å². The Hall–Kier alpha value is -2.73. The van der Waals surface area contributed by atoms with Crippen LogP contribution in [-0.2, 0) is 6.54 Å². The van der Waals surface area contributed by atoms with E-state index < -0.39 is 0 Å². The van der Waals surface area contributed by atoms with E-state index in [0.29, 0.717) is 26.3 Å². The molecule has 2 N–H and O–H groups in total. The van der Waals surface area contributed by atoms with Crippen molar-refractivity contribution in [3.63, 3.8) is 0 Å². The van der Waals surface area contributed by atoms with Gasteiger partial charge in [-0.3, -0.25) is 0 Å². The van der Waals surface area contributed by atoms with E-state index in [9.17, 15) is 0 Å². The van der Waals surface area contributed by atoms with Crippen molar-refractivity contribution in [2.75, 3.05) is 31.7 Å². The van der Waals surface area contributed by atoms with Gasteiger partial charge in [0.25, 0.3) is 0 Å². The van der Waals surface area contributed by atoms with E-state index >= 15 is 0 Å². The van der Waals surface area contributed by atoms with E-state index in [-0.39, 0.29) is 6.61 Å². The molecule has 4 rings (SSSR count). The van der Waals surface area contributed by atoms with E-state index in [1.165, 1.54) is 0 Å². The fourth-order valence-electron chi connectivity index (χ4n) is 2.91. The van der Waals surface area contributed by atoms with Crippen LogP contribution in [-0.4, -0.2) is 41.0 Å². The molecule has 0 fully saturated rings. The van der Waals surface area contributed by atoms with Gasteiger partial charge in [-0.1, -0.05) is 18.2 Å². The molecule has 0 spiro atoms. The maximum atomic E-state index is 9.09. The van der Waals surface area contributed by atoms with E-state index in [4.69, 9.17) is 14.6 Å². The summed E-state index contributed by atoms with van der Waals surface area (Å²) in [4.78, 5) is 4.62. The number of ether oxygens (including phenoxy) is 2. The maximum Gasteiger partial charge on any atom is 0.204 e. The molecule has 2 aromatic carbocycles.